The Morgan fingerprint density at radius 2 is 2.06 bits per heavy atom. The Labute approximate surface area is 114 Å². The van der Waals surface area contributed by atoms with Crippen molar-refractivity contribution in [2.75, 3.05) is 27.2 Å². The van der Waals surface area contributed by atoms with Gasteiger partial charge in [-0.25, -0.2) is 0 Å². The summed E-state index contributed by atoms with van der Waals surface area (Å²) in [6, 6.07) is 10.3. The van der Waals surface area contributed by atoms with E-state index >= 15 is 0 Å². The maximum atomic E-state index is 12.0. The van der Waals surface area contributed by atoms with Gasteiger partial charge in [0.15, 0.2) is 0 Å². The van der Waals surface area contributed by atoms with Crippen molar-refractivity contribution in [1.29, 1.82) is 0 Å². The summed E-state index contributed by atoms with van der Waals surface area (Å²) in [4.78, 5) is 13.8. The molecule has 1 aromatic carbocycles. The predicted molar refractivity (Wildman–Crippen MR) is 78.8 cm³/mol. The Hall–Kier alpha value is -1.00. The molecule has 0 saturated heterocycles. The van der Waals surface area contributed by atoms with E-state index in [0.717, 1.165) is 18.8 Å². The number of nitrogens with one attached hydrogen (secondary N) is 1. The van der Waals surface area contributed by atoms with Crippen molar-refractivity contribution >= 4 is 17.7 Å². The Morgan fingerprint density at radius 3 is 2.67 bits per heavy atom. The fourth-order valence-electron chi connectivity index (χ4n) is 1.57. The minimum Gasteiger partial charge on any atom is -0.344 e. The number of hydrogen-bond acceptors (Lipinski definition) is 3. The van der Waals surface area contributed by atoms with Gasteiger partial charge in [0.25, 0.3) is 0 Å². The molecule has 0 radical (unpaired) electrons. The Balaban J connectivity index is 2.35. The molecule has 0 heterocycles. The SMILES string of the molecule is CNCCN(C)C(=O)C(C)SCc1ccccc1. The van der Waals surface area contributed by atoms with Crippen LogP contribution in [0.25, 0.3) is 0 Å². The number of nitrogens with zero attached hydrogens (tertiary/aromatic N) is 1. The molecule has 0 aliphatic heterocycles. The lowest BCUT2D eigenvalue weighted by atomic mass is 10.2. The molecule has 0 aliphatic carbocycles. The average Bonchev–Trinajstić information content (AvgIpc) is 2.42. The zero-order valence-corrected chi connectivity index (χ0v) is 12.2. The molecule has 0 aliphatic rings. The molecule has 0 aromatic heterocycles. The molecular formula is C14H22N2OS. The maximum absolute atomic E-state index is 12.0. The second-order valence-electron chi connectivity index (χ2n) is 4.30. The molecular weight excluding hydrogens is 244 g/mol. The average molecular weight is 266 g/mol. The van der Waals surface area contributed by atoms with Gasteiger partial charge in [-0.3, -0.25) is 4.79 Å². The Kier molecular flexibility index (Phi) is 6.83. The van der Waals surface area contributed by atoms with E-state index in [2.05, 4.69) is 17.4 Å². The molecule has 0 spiro atoms. The zero-order valence-electron chi connectivity index (χ0n) is 11.3. The van der Waals surface area contributed by atoms with Crippen LogP contribution in [-0.4, -0.2) is 43.2 Å². The van der Waals surface area contributed by atoms with Gasteiger partial charge in [-0.15, -0.1) is 11.8 Å². The van der Waals surface area contributed by atoms with Crippen molar-refractivity contribution in [3.8, 4) is 0 Å². The lowest BCUT2D eigenvalue weighted by Crippen LogP contribution is -2.37. The van der Waals surface area contributed by atoms with E-state index in [1.54, 1.807) is 16.7 Å². The number of benzene rings is 1. The van der Waals surface area contributed by atoms with E-state index in [0.29, 0.717) is 0 Å². The van der Waals surface area contributed by atoms with Crippen LogP contribution in [0.15, 0.2) is 30.3 Å². The summed E-state index contributed by atoms with van der Waals surface area (Å²) in [6.45, 7) is 3.57. The molecule has 1 aromatic rings. The fraction of sp³-hybridized carbons (Fsp3) is 0.500. The first kappa shape index (κ1) is 15.1. The first-order valence-corrected chi connectivity index (χ1v) is 7.25. The number of carbonyl (C=O) groups is 1. The van der Waals surface area contributed by atoms with Crippen molar-refractivity contribution in [2.24, 2.45) is 0 Å². The molecule has 1 unspecified atom stereocenters. The van der Waals surface area contributed by atoms with Gasteiger partial charge in [0.05, 0.1) is 5.25 Å². The monoisotopic (exact) mass is 266 g/mol. The molecule has 1 N–H and O–H groups in total. The van der Waals surface area contributed by atoms with Gasteiger partial charge < -0.3 is 10.2 Å². The smallest absolute Gasteiger partial charge is 0.235 e. The van der Waals surface area contributed by atoms with Crippen LogP contribution < -0.4 is 5.32 Å². The molecule has 0 fully saturated rings. The summed E-state index contributed by atoms with van der Waals surface area (Å²) in [5.74, 6) is 1.08. The summed E-state index contributed by atoms with van der Waals surface area (Å²) >= 11 is 1.69. The predicted octanol–water partition coefficient (Wildman–Crippen LogP) is 1.99. The molecule has 1 rings (SSSR count). The van der Waals surface area contributed by atoms with Crippen LogP contribution in [-0.2, 0) is 10.5 Å². The summed E-state index contributed by atoms with van der Waals surface area (Å²) in [7, 11) is 3.76. The lowest BCUT2D eigenvalue weighted by molar-refractivity contribution is -0.128. The second-order valence-corrected chi connectivity index (χ2v) is 5.63. The first-order chi connectivity index (χ1) is 8.65. The summed E-state index contributed by atoms with van der Waals surface area (Å²) in [5.41, 5.74) is 1.26. The molecule has 1 amide bonds. The van der Waals surface area contributed by atoms with E-state index < -0.39 is 0 Å². The van der Waals surface area contributed by atoms with Crippen LogP contribution in [0.2, 0.25) is 0 Å². The highest BCUT2D eigenvalue weighted by Crippen LogP contribution is 2.18. The van der Waals surface area contributed by atoms with Crippen LogP contribution >= 0.6 is 11.8 Å². The van der Waals surface area contributed by atoms with Crippen molar-refractivity contribution < 1.29 is 4.79 Å². The molecule has 0 saturated carbocycles. The van der Waals surface area contributed by atoms with Gasteiger partial charge in [0.1, 0.15) is 0 Å². The van der Waals surface area contributed by atoms with Crippen molar-refractivity contribution in [2.45, 2.75) is 17.9 Å². The maximum Gasteiger partial charge on any atom is 0.235 e. The van der Waals surface area contributed by atoms with E-state index in [-0.39, 0.29) is 11.2 Å². The van der Waals surface area contributed by atoms with Gasteiger partial charge in [-0.1, -0.05) is 30.3 Å². The van der Waals surface area contributed by atoms with E-state index in [1.807, 2.05) is 39.2 Å². The van der Waals surface area contributed by atoms with Crippen LogP contribution in [0, 0.1) is 0 Å². The fourth-order valence-corrected chi connectivity index (χ4v) is 2.52. The third-order valence-electron chi connectivity index (χ3n) is 2.76. The summed E-state index contributed by atoms with van der Waals surface area (Å²) in [5, 5.41) is 3.06. The number of carbonyl (C=O) groups excluding carboxylic acids is 1. The summed E-state index contributed by atoms with van der Waals surface area (Å²) < 4.78 is 0. The quantitative estimate of drug-likeness (QED) is 0.819. The minimum atomic E-state index is 0.00654. The Bertz CT molecular complexity index is 356. The van der Waals surface area contributed by atoms with Crippen molar-refractivity contribution in [3.05, 3.63) is 35.9 Å². The van der Waals surface area contributed by atoms with Gasteiger partial charge in [-0.05, 0) is 19.5 Å². The van der Waals surface area contributed by atoms with Gasteiger partial charge in [0.2, 0.25) is 5.91 Å². The largest absolute Gasteiger partial charge is 0.344 e. The highest BCUT2D eigenvalue weighted by atomic mass is 32.2. The molecule has 3 nitrogen and oxygen atoms in total. The minimum absolute atomic E-state index is 0.00654. The number of rotatable bonds is 7. The van der Waals surface area contributed by atoms with E-state index in [1.165, 1.54) is 5.56 Å². The number of thioether (sulfide) groups is 1. The lowest BCUT2D eigenvalue weighted by Gasteiger charge is -2.21. The third-order valence-corrected chi connectivity index (χ3v) is 3.97. The van der Waals surface area contributed by atoms with E-state index in [4.69, 9.17) is 0 Å². The standard InChI is InChI=1S/C14H22N2OS/c1-12(14(17)16(3)10-9-15-2)18-11-13-7-5-4-6-8-13/h4-8,12,15H,9-11H2,1-3H3. The topological polar surface area (TPSA) is 32.3 Å². The van der Waals surface area contributed by atoms with Crippen LogP contribution in [0.1, 0.15) is 12.5 Å². The van der Waals surface area contributed by atoms with Crippen LogP contribution in [0.3, 0.4) is 0 Å². The number of likely N-dealkylation sites (N-methyl/N-ethyl adjacent to an activating group) is 2. The normalized spacial score (nSPS) is 12.2. The van der Waals surface area contributed by atoms with Crippen molar-refractivity contribution in [3.63, 3.8) is 0 Å². The van der Waals surface area contributed by atoms with Gasteiger partial charge >= 0.3 is 0 Å². The third kappa shape index (κ3) is 5.10. The van der Waals surface area contributed by atoms with Gasteiger partial charge in [-0.2, -0.15) is 0 Å². The van der Waals surface area contributed by atoms with E-state index in [9.17, 15) is 4.79 Å². The summed E-state index contributed by atoms with van der Waals surface area (Å²) in [6.07, 6.45) is 0. The molecule has 1 atom stereocenters. The molecule has 0 bridgehead atoms. The molecule has 4 heteroatoms. The highest BCUT2D eigenvalue weighted by Gasteiger charge is 2.17. The second kappa shape index (κ2) is 8.16. The first-order valence-electron chi connectivity index (χ1n) is 6.20. The van der Waals surface area contributed by atoms with Crippen LogP contribution in [0.4, 0.5) is 0 Å². The number of hydrogen-bond donors (Lipinski definition) is 1. The number of amides is 1. The highest BCUT2D eigenvalue weighted by molar-refractivity contribution is 7.99. The van der Waals surface area contributed by atoms with Crippen LogP contribution in [0.5, 0.6) is 0 Å². The molecule has 100 valence electrons. The molecule has 18 heavy (non-hydrogen) atoms. The zero-order chi connectivity index (χ0) is 13.4. The van der Waals surface area contributed by atoms with Crippen molar-refractivity contribution in [1.82, 2.24) is 10.2 Å². The van der Waals surface area contributed by atoms with Gasteiger partial charge in [0, 0.05) is 25.9 Å². The Morgan fingerprint density at radius 1 is 1.39 bits per heavy atom.